The van der Waals surface area contributed by atoms with Crippen LogP contribution in [0.5, 0.6) is 0 Å². The van der Waals surface area contributed by atoms with Crippen LogP contribution in [0.25, 0.3) is 33.8 Å². The van der Waals surface area contributed by atoms with Crippen LogP contribution in [0.1, 0.15) is 29.1 Å². The molecular formula is C39H44ClN5O8S4. The molecule has 3 heterocycles. The van der Waals surface area contributed by atoms with E-state index in [1.54, 1.807) is 52.8 Å². The van der Waals surface area contributed by atoms with Gasteiger partial charge in [-0.1, -0.05) is 36.4 Å². The highest BCUT2D eigenvalue weighted by Crippen LogP contribution is 2.35. The molecule has 0 amide bonds. The number of hydrogen-bond acceptors (Lipinski definition) is 11. The number of aryl methyl sites for hydroxylation is 2. The van der Waals surface area contributed by atoms with Crippen LogP contribution >= 0.6 is 35.1 Å². The number of carboxylic acids is 1. The standard InChI is InChI=1S/C19H21N3O4S2.C18H18N2O4S.C2H5ClS/c1-13-9-18(22(21-13)11-19(23)26-12-27-2)17-8-7-16(20-17)14-5-4-6-15(10-14)28(3,24)25;1-12-8-17(20(19-12)11-18(21)22)15-7-6-14(9-15)13-4-3-5-16(10-13)25(2,23)24;1-4-2-3/h4-10,20H,11-12H2,1-3H3;3-8,10H,9,11H2,1-2H3,(H,21,22);2H2,1H3. The minimum atomic E-state index is -3.28. The number of allylic oxidation sites excluding steroid dienone is 4. The second-order valence-corrected chi connectivity index (χ2v) is 19.1. The molecule has 2 aromatic carbocycles. The van der Waals surface area contributed by atoms with E-state index in [-0.39, 0.29) is 28.8 Å². The highest BCUT2D eigenvalue weighted by atomic mass is 35.5. The fourth-order valence-corrected chi connectivity index (χ4v) is 7.24. The number of ether oxygens (including phenoxy) is 1. The Morgan fingerprint density at radius 1 is 0.772 bits per heavy atom. The van der Waals surface area contributed by atoms with Gasteiger partial charge in [-0.05, 0) is 97.2 Å². The molecule has 5 aromatic rings. The number of aromatic nitrogens is 5. The molecule has 0 radical (unpaired) electrons. The average molecular weight is 875 g/mol. The molecule has 57 heavy (non-hydrogen) atoms. The van der Waals surface area contributed by atoms with Gasteiger partial charge in [0.2, 0.25) is 0 Å². The molecule has 1 aliphatic rings. The minimum Gasteiger partial charge on any atom is -0.480 e. The zero-order chi connectivity index (χ0) is 41.9. The van der Waals surface area contributed by atoms with Crippen LogP contribution in [0.2, 0.25) is 0 Å². The van der Waals surface area contributed by atoms with Crippen LogP contribution in [0, 0.1) is 13.8 Å². The molecule has 304 valence electrons. The number of nitrogens with zero attached hydrogens (tertiary/aromatic N) is 4. The third-order valence-electron chi connectivity index (χ3n) is 8.18. The molecule has 0 aliphatic heterocycles. The van der Waals surface area contributed by atoms with Gasteiger partial charge in [-0.15, -0.1) is 35.1 Å². The molecule has 0 fully saturated rings. The van der Waals surface area contributed by atoms with Gasteiger partial charge in [0.15, 0.2) is 19.7 Å². The zero-order valence-corrected chi connectivity index (χ0v) is 36.2. The van der Waals surface area contributed by atoms with Crippen molar-refractivity contribution >= 4 is 77.9 Å². The van der Waals surface area contributed by atoms with Crippen molar-refractivity contribution in [1.29, 1.82) is 0 Å². The summed E-state index contributed by atoms with van der Waals surface area (Å²) < 4.78 is 55.3. The SMILES string of the molecule is CSCCl.CSCOC(=O)Cn1nc(C)cc1-c1ccc(-c2cccc(S(C)(=O)=O)c2)[nH]1.Cc1cc(C2=CC=C(c3cccc(S(C)(=O)=O)c3)C2)n(CC(=O)O)n1. The number of H-pyrrole nitrogens is 1. The molecule has 0 atom stereocenters. The van der Waals surface area contributed by atoms with Crippen LogP contribution < -0.4 is 0 Å². The highest BCUT2D eigenvalue weighted by molar-refractivity contribution is 7.99. The number of carboxylic acid groups (broad SMARTS) is 1. The van der Waals surface area contributed by atoms with Gasteiger partial charge in [0, 0.05) is 24.6 Å². The Bertz CT molecular complexity index is 2500. The molecule has 18 heteroatoms. The second kappa shape index (κ2) is 20.2. The molecule has 1 aliphatic carbocycles. The molecular weight excluding hydrogens is 830 g/mol. The number of aliphatic carboxylic acids is 1. The first-order chi connectivity index (χ1) is 26.9. The van der Waals surface area contributed by atoms with E-state index in [2.05, 4.69) is 15.2 Å². The van der Waals surface area contributed by atoms with Gasteiger partial charge < -0.3 is 14.8 Å². The highest BCUT2D eigenvalue weighted by Gasteiger charge is 2.19. The van der Waals surface area contributed by atoms with E-state index in [4.69, 9.17) is 21.4 Å². The first-order valence-corrected chi connectivity index (χ1v) is 24.2. The predicted molar refractivity (Wildman–Crippen MR) is 229 cm³/mol. The Morgan fingerprint density at radius 2 is 1.30 bits per heavy atom. The van der Waals surface area contributed by atoms with Crippen molar-refractivity contribution in [2.24, 2.45) is 0 Å². The monoisotopic (exact) mass is 873 g/mol. The number of aromatic amines is 1. The van der Waals surface area contributed by atoms with E-state index >= 15 is 0 Å². The van der Waals surface area contributed by atoms with Gasteiger partial charge in [-0.2, -0.15) is 10.2 Å². The largest absolute Gasteiger partial charge is 0.480 e. The van der Waals surface area contributed by atoms with Crippen LogP contribution in [0.3, 0.4) is 0 Å². The first kappa shape index (κ1) is 45.2. The summed E-state index contributed by atoms with van der Waals surface area (Å²) in [5, 5.41) is 18.3. The summed E-state index contributed by atoms with van der Waals surface area (Å²) in [7, 11) is -6.55. The van der Waals surface area contributed by atoms with E-state index in [0.717, 1.165) is 56.4 Å². The first-order valence-electron chi connectivity index (χ1n) is 17.1. The topological polar surface area (TPSA) is 183 Å². The third kappa shape index (κ3) is 13.0. The summed E-state index contributed by atoms with van der Waals surface area (Å²) in [4.78, 5) is 26.8. The van der Waals surface area contributed by atoms with Crippen molar-refractivity contribution < 1.29 is 36.3 Å². The minimum absolute atomic E-state index is 0.0155. The van der Waals surface area contributed by atoms with Gasteiger partial charge in [0.05, 0.1) is 43.5 Å². The smallest absolute Gasteiger partial charge is 0.328 e. The normalized spacial score (nSPS) is 12.5. The second-order valence-electron chi connectivity index (χ2n) is 12.8. The summed E-state index contributed by atoms with van der Waals surface area (Å²) >= 11 is 8.20. The number of carbonyl (C=O) groups excluding carboxylic acids is 1. The van der Waals surface area contributed by atoms with E-state index in [1.165, 1.54) is 29.0 Å². The maximum Gasteiger partial charge on any atom is 0.328 e. The van der Waals surface area contributed by atoms with Crippen molar-refractivity contribution in [2.75, 3.05) is 36.2 Å². The van der Waals surface area contributed by atoms with Gasteiger partial charge in [-0.25, -0.2) is 16.8 Å². The molecule has 0 saturated carbocycles. The summed E-state index contributed by atoms with van der Waals surface area (Å²) in [5.74, 6) is -0.999. The lowest BCUT2D eigenvalue weighted by atomic mass is 10.0. The summed E-state index contributed by atoms with van der Waals surface area (Å²) in [6, 6.07) is 21.1. The number of rotatable bonds is 13. The Hall–Kier alpha value is -4.55. The molecule has 0 unspecified atom stereocenters. The van der Waals surface area contributed by atoms with E-state index in [9.17, 15) is 26.4 Å². The van der Waals surface area contributed by atoms with Crippen molar-refractivity contribution in [3.63, 3.8) is 0 Å². The Balaban J connectivity index is 0.000000232. The van der Waals surface area contributed by atoms with Crippen LogP contribution in [0.15, 0.2) is 94.7 Å². The number of halogens is 1. The van der Waals surface area contributed by atoms with Gasteiger partial charge in [0.25, 0.3) is 0 Å². The predicted octanol–water partition coefficient (Wildman–Crippen LogP) is 7.22. The molecule has 0 saturated heterocycles. The van der Waals surface area contributed by atoms with E-state index < -0.39 is 25.6 Å². The number of alkyl halides is 1. The van der Waals surface area contributed by atoms with Crippen LogP contribution in [-0.4, -0.2) is 94.6 Å². The average Bonchev–Trinajstić information content (AvgIpc) is 3.97. The maximum atomic E-state index is 12.0. The van der Waals surface area contributed by atoms with E-state index in [1.807, 2.05) is 74.9 Å². The molecule has 13 nitrogen and oxygen atoms in total. The lowest BCUT2D eigenvalue weighted by molar-refractivity contribution is -0.142. The van der Waals surface area contributed by atoms with Crippen molar-refractivity contribution in [3.8, 4) is 22.6 Å². The maximum absolute atomic E-state index is 12.0. The Kier molecular flexibility index (Phi) is 16.0. The lowest BCUT2D eigenvalue weighted by Crippen LogP contribution is -2.15. The van der Waals surface area contributed by atoms with Gasteiger partial charge in [-0.3, -0.25) is 19.0 Å². The van der Waals surface area contributed by atoms with Crippen LogP contribution in [-0.2, 0) is 47.1 Å². The number of sulfone groups is 2. The molecule has 3 aromatic heterocycles. The summed E-state index contributed by atoms with van der Waals surface area (Å²) in [5.41, 5.74) is 8.16. The Labute approximate surface area is 346 Å². The number of carbonyl (C=O) groups is 2. The summed E-state index contributed by atoms with van der Waals surface area (Å²) in [6.45, 7) is 3.50. The molecule has 0 bridgehead atoms. The van der Waals surface area contributed by atoms with Gasteiger partial charge in [0.1, 0.15) is 19.0 Å². The molecule has 0 spiro atoms. The number of hydrogen-bond donors (Lipinski definition) is 2. The number of thioether (sulfide) groups is 2. The number of esters is 1. The van der Waals surface area contributed by atoms with Crippen molar-refractivity contribution in [3.05, 3.63) is 108 Å². The fraction of sp³-hybridized carbons (Fsp3) is 0.282. The van der Waals surface area contributed by atoms with Crippen molar-refractivity contribution in [1.82, 2.24) is 24.5 Å². The zero-order valence-electron chi connectivity index (χ0n) is 32.2. The van der Waals surface area contributed by atoms with E-state index in [0.29, 0.717) is 17.6 Å². The van der Waals surface area contributed by atoms with Crippen LogP contribution in [0.4, 0.5) is 0 Å². The Morgan fingerprint density at radius 3 is 1.86 bits per heavy atom. The summed E-state index contributed by atoms with van der Waals surface area (Å²) in [6.07, 6.45) is 10.7. The quantitative estimate of drug-likeness (QED) is 0.0690. The lowest BCUT2D eigenvalue weighted by Gasteiger charge is -2.09. The fourth-order valence-electron chi connectivity index (χ4n) is 5.66. The van der Waals surface area contributed by atoms with Crippen molar-refractivity contribution in [2.45, 2.75) is 43.1 Å². The molecule has 6 rings (SSSR count). The number of benzene rings is 2. The number of nitrogens with one attached hydrogen (secondary N) is 1. The molecule has 2 N–H and O–H groups in total. The van der Waals surface area contributed by atoms with Gasteiger partial charge >= 0.3 is 11.9 Å². The third-order valence-corrected chi connectivity index (χ3v) is 11.6.